The third kappa shape index (κ3) is 6.32. The second-order valence-electron chi connectivity index (χ2n) is 6.70. The smallest absolute Gasteiger partial charge is 0.306 e. The van der Waals surface area contributed by atoms with Crippen molar-refractivity contribution in [2.45, 2.75) is 57.0 Å². The minimum atomic E-state index is -0.303. The van der Waals surface area contributed by atoms with E-state index in [2.05, 4.69) is 18.8 Å². The lowest BCUT2D eigenvalue weighted by atomic mass is 10.0. The van der Waals surface area contributed by atoms with Crippen molar-refractivity contribution < 1.29 is 14.6 Å². The Balaban J connectivity index is 1.73. The van der Waals surface area contributed by atoms with Crippen LogP contribution in [0.5, 0.6) is 0 Å². The Labute approximate surface area is 165 Å². The number of aromatic nitrogens is 1. The molecule has 0 bridgehead atoms. The molecule has 1 aromatic heterocycles. The number of unbranched alkanes of at least 4 members (excludes halogenated alkanes) is 1. The van der Waals surface area contributed by atoms with Gasteiger partial charge < -0.3 is 14.7 Å². The highest BCUT2D eigenvalue weighted by Crippen LogP contribution is 2.35. The number of rotatable bonds is 11. The molecule has 0 saturated carbocycles. The number of β-amino-alcohol motifs (C(OH)–C–C–N with tert-alkyl or cyclic N) is 1. The molecule has 2 heterocycles. The van der Waals surface area contributed by atoms with Gasteiger partial charge in [-0.05, 0) is 18.4 Å². The van der Waals surface area contributed by atoms with E-state index in [0.717, 1.165) is 17.7 Å². The number of carbonyl (C=O) groups excluding carboxylic acids is 1. The second kappa shape index (κ2) is 11.0. The molecule has 1 aromatic rings. The van der Waals surface area contributed by atoms with Crippen molar-refractivity contribution in [2.24, 2.45) is 5.92 Å². The van der Waals surface area contributed by atoms with Crippen LogP contribution in [-0.4, -0.2) is 47.6 Å². The molecule has 1 saturated heterocycles. The number of anilines is 1. The van der Waals surface area contributed by atoms with Gasteiger partial charge in [-0.25, -0.2) is 4.98 Å². The summed E-state index contributed by atoms with van der Waals surface area (Å²) in [6.45, 7) is 5.96. The number of ether oxygens (including phenoxy) is 1. The Kier molecular flexibility index (Phi) is 9.02. The summed E-state index contributed by atoms with van der Waals surface area (Å²) in [5.74, 6) is 1.64. The largest absolute Gasteiger partial charge is 0.465 e. The van der Waals surface area contributed by atoms with Gasteiger partial charge in [0, 0.05) is 29.9 Å². The molecule has 1 aliphatic heterocycles. The highest BCUT2D eigenvalue weighted by Gasteiger charge is 2.27. The van der Waals surface area contributed by atoms with Gasteiger partial charge in [-0.2, -0.15) is 0 Å². The topological polar surface area (TPSA) is 62.7 Å². The number of pyridine rings is 1. The molecule has 7 heteroatoms. The zero-order chi connectivity index (χ0) is 18.9. The summed E-state index contributed by atoms with van der Waals surface area (Å²) in [6.07, 6.45) is 6.30. The average molecular weight is 401 g/mol. The number of hydrogen-bond acceptors (Lipinski definition) is 6. The number of aliphatic hydroxyl groups is 1. The number of aliphatic hydroxyl groups excluding tert-OH is 1. The van der Waals surface area contributed by atoms with Gasteiger partial charge in [0.25, 0.3) is 0 Å². The van der Waals surface area contributed by atoms with Crippen LogP contribution in [0.4, 0.5) is 5.82 Å². The quantitative estimate of drug-likeness (QED) is 0.444. The molecule has 1 fully saturated rings. The van der Waals surface area contributed by atoms with Gasteiger partial charge in [-0.3, -0.25) is 4.79 Å². The molecule has 0 aliphatic carbocycles. The van der Waals surface area contributed by atoms with E-state index in [0.29, 0.717) is 48.6 Å². The molecule has 0 radical (unpaired) electrons. The number of carbonyl (C=O) groups is 1. The maximum Gasteiger partial charge on any atom is 0.306 e. The van der Waals surface area contributed by atoms with Crippen LogP contribution in [0.2, 0.25) is 5.02 Å². The number of hydrogen-bond donors (Lipinski definition) is 1. The second-order valence-corrected chi connectivity index (χ2v) is 8.22. The molecular weight excluding hydrogens is 372 g/mol. The third-order valence-corrected chi connectivity index (χ3v) is 6.13. The van der Waals surface area contributed by atoms with Crippen molar-refractivity contribution in [2.75, 3.05) is 30.3 Å². The lowest BCUT2D eigenvalue weighted by Gasteiger charge is -2.37. The maximum atomic E-state index is 12.0. The van der Waals surface area contributed by atoms with Gasteiger partial charge in [0.05, 0.1) is 24.2 Å². The molecule has 5 nitrogen and oxygen atoms in total. The van der Waals surface area contributed by atoms with Crippen LogP contribution >= 0.6 is 23.4 Å². The van der Waals surface area contributed by atoms with Crippen molar-refractivity contribution in [3.63, 3.8) is 0 Å². The third-order valence-electron chi connectivity index (χ3n) is 4.58. The Bertz CT molecular complexity index is 582. The minimum Gasteiger partial charge on any atom is -0.465 e. The molecule has 1 unspecified atom stereocenters. The van der Waals surface area contributed by atoms with Crippen molar-refractivity contribution in [3.8, 4) is 0 Å². The standard InChI is InChI=1S/C19H29ClN2O3S/c1-3-5-6-14(4-2)13-25-17(24)8-10-26-16-7-9-21-19(18(16)20)22-11-15(23)12-22/h7,9,14-15,23H,3-6,8,10-13H2,1-2H3. The number of thioether (sulfide) groups is 1. The Morgan fingerprint density at radius 1 is 1.50 bits per heavy atom. The first-order valence-electron chi connectivity index (χ1n) is 9.41. The highest BCUT2D eigenvalue weighted by atomic mass is 35.5. The molecule has 0 amide bonds. The van der Waals surface area contributed by atoms with Crippen LogP contribution in [0, 0.1) is 5.92 Å². The van der Waals surface area contributed by atoms with Gasteiger partial charge in [-0.15, -0.1) is 11.8 Å². The summed E-state index contributed by atoms with van der Waals surface area (Å²) in [5, 5.41) is 10.0. The van der Waals surface area contributed by atoms with Crippen LogP contribution in [0.1, 0.15) is 46.0 Å². The van der Waals surface area contributed by atoms with Crippen molar-refractivity contribution in [3.05, 3.63) is 17.3 Å². The zero-order valence-corrected chi connectivity index (χ0v) is 17.2. The van der Waals surface area contributed by atoms with Crippen LogP contribution in [0.15, 0.2) is 17.2 Å². The van der Waals surface area contributed by atoms with Crippen LogP contribution in [0.3, 0.4) is 0 Å². The summed E-state index contributed by atoms with van der Waals surface area (Å²) < 4.78 is 5.43. The van der Waals surface area contributed by atoms with E-state index in [1.807, 2.05) is 11.0 Å². The fourth-order valence-corrected chi connectivity index (χ4v) is 4.06. The molecule has 0 spiro atoms. The van der Waals surface area contributed by atoms with Gasteiger partial charge in [0.15, 0.2) is 0 Å². The Morgan fingerprint density at radius 3 is 2.92 bits per heavy atom. The van der Waals surface area contributed by atoms with Crippen molar-refractivity contribution in [1.29, 1.82) is 0 Å². The van der Waals surface area contributed by atoms with Crippen molar-refractivity contribution in [1.82, 2.24) is 4.98 Å². The van der Waals surface area contributed by atoms with Gasteiger partial charge in [-0.1, -0.05) is 44.7 Å². The minimum absolute atomic E-state index is 0.149. The van der Waals surface area contributed by atoms with E-state index >= 15 is 0 Å². The first-order chi connectivity index (χ1) is 12.5. The number of nitrogens with zero attached hydrogens (tertiary/aromatic N) is 2. The molecule has 2 rings (SSSR count). The molecule has 26 heavy (non-hydrogen) atoms. The summed E-state index contributed by atoms with van der Waals surface area (Å²) in [7, 11) is 0. The van der Waals surface area contributed by atoms with Crippen molar-refractivity contribution >= 4 is 35.1 Å². The Morgan fingerprint density at radius 2 is 2.27 bits per heavy atom. The predicted molar refractivity (Wildman–Crippen MR) is 107 cm³/mol. The van der Waals surface area contributed by atoms with E-state index in [1.165, 1.54) is 24.6 Å². The Hall–Kier alpha value is -0.980. The van der Waals surface area contributed by atoms with E-state index in [9.17, 15) is 9.90 Å². The molecule has 1 N–H and O–H groups in total. The molecule has 0 aromatic carbocycles. The summed E-state index contributed by atoms with van der Waals surface area (Å²) in [6, 6.07) is 1.86. The lowest BCUT2D eigenvalue weighted by Crippen LogP contribution is -2.51. The fourth-order valence-electron chi connectivity index (χ4n) is 2.80. The highest BCUT2D eigenvalue weighted by molar-refractivity contribution is 7.99. The zero-order valence-electron chi connectivity index (χ0n) is 15.6. The molecule has 1 aliphatic rings. The summed E-state index contributed by atoms with van der Waals surface area (Å²) >= 11 is 7.96. The molecular formula is C19H29ClN2O3S. The van der Waals surface area contributed by atoms with Crippen LogP contribution < -0.4 is 4.90 Å². The summed E-state index contributed by atoms with van der Waals surface area (Å²) in [4.78, 5) is 19.1. The van der Waals surface area contributed by atoms with E-state index in [-0.39, 0.29) is 12.1 Å². The lowest BCUT2D eigenvalue weighted by molar-refractivity contribution is -0.144. The van der Waals surface area contributed by atoms with Crippen LogP contribution in [-0.2, 0) is 9.53 Å². The number of esters is 1. The number of halogens is 1. The predicted octanol–water partition coefficient (Wildman–Crippen LogP) is 4.16. The SMILES string of the molecule is CCCCC(CC)COC(=O)CCSc1ccnc(N2CC(O)C2)c1Cl. The molecule has 1 atom stereocenters. The van der Waals surface area contributed by atoms with Gasteiger partial charge in [0.2, 0.25) is 0 Å². The first-order valence-corrected chi connectivity index (χ1v) is 10.8. The first kappa shape index (κ1) is 21.3. The average Bonchev–Trinajstić information content (AvgIpc) is 2.61. The van der Waals surface area contributed by atoms with Crippen LogP contribution in [0.25, 0.3) is 0 Å². The molecule has 146 valence electrons. The maximum absolute atomic E-state index is 12.0. The summed E-state index contributed by atoms with van der Waals surface area (Å²) in [5.41, 5.74) is 0. The monoisotopic (exact) mass is 400 g/mol. The normalized spacial score (nSPS) is 15.6. The van der Waals surface area contributed by atoms with E-state index in [1.54, 1.807) is 6.20 Å². The van der Waals surface area contributed by atoms with Gasteiger partial charge >= 0.3 is 5.97 Å². The van der Waals surface area contributed by atoms with Gasteiger partial charge in [0.1, 0.15) is 5.82 Å². The fraction of sp³-hybridized carbons (Fsp3) is 0.684. The van der Waals surface area contributed by atoms with E-state index in [4.69, 9.17) is 16.3 Å². The van der Waals surface area contributed by atoms with E-state index < -0.39 is 0 Å².